The first-order valence-electron chi connectivity index (χ1n) is 8.95. The Kier molecular flexibility index (Phi) is 3.66. The van der Waals surface area contributed by atoms with Gasteiger partial charge < -0.3 is 9.84 Å². The highest BCUT2D eigenvalue weighted by Gasteiger charge is 2.34. The van der Waals surface area contributed by atoms with Crippen molar-refractivity contribution >= 4 is 34.3 Å². The van der Waals surface area contributed by atoms with Gasteiger partial charge in [-0.05, 0) is 49.9 Å². The summed E-state index contributed by atoms with van der Waals surface area (Å²) in [6.07, 6.45) is 4.21. The molecule has 2 fully saturated rings. The van der Waals surface area contributed by atoms with E-state index >= 15 is 0 Å². The SMILES string of the molecule is N#Cc1ccc(Cl)cc1NC(=O)c1cc(C2CC2)nc2onc(C3CC3)c12. The highest BCUT2D eigenvalue weighted by Crippen LogP contribution is 2.45. The molecule has 0 saturated heterocycles. The van der Waals surface area contributed by atoms with E-state index in [1.807, 2.05) is 6.07 Å². The molecule has 3 aromatic rings. The monoisotopic (exact) mass is 378 g/mol. The quantitative estimate of drug-likeness (QED) is 0.706. The molecule has 0 radical (unpaired) electrons. The van der Waals surface area contributed by atoms with E-state index in [9.17, 15) is 10.1 Å². The third kappa shape index (κ3) is 2.94. The summed E-state index contributed by atoms with van der Waals surface area (Å²) in [7, 11) is 0. The largest absolute Gasteiger partial charge is 0.335 e. The average Bonchev–Trinajstić information content (AvgIpc) is 3.58. The first-order chi connectivity index (χ1) is 13.1. The van der Waals surface area contributed by atoms with Crippen molar-refractivity contribution in [1.29, 1.82) is 5.26 Å². The first-order valence-corrected chi connectivity index (χ1v) is 9.33. The summed E-state index contributed by atoms with van der Waals surface area (Å²) in [5, 5.41) is 17.4. The molecular weight excluding hydrogens is 364 g/mol. The van der Waals surface area contributed by atoms with Gasteiger partial charge in [-0.1, -0.05) is 16.8 Å². The van der Waals surface area contributed by atoms with Gasteiger partial charge in [-0.25, -0.2) is 4.98 Å². The predicted molar refractivity (Wildman–Crippen MR) is 99.9 cm³/mol. The minimum atomic E-state index is -0.312. The lowest BCUT2D eigenvalue weighted by atomic mass is 10.0. The lowest BCUT2D eigenvalue weighted by Crippen LogP contribution is -2.14. The van der Waals surface area contributed by atoms with Crippen LogP contribution in [0.4, 0.5) is 5.69 Å². The Balaban J connectivity index is 1.61. The lowest BCUT2D eigenvalue weighted by molar-refractivity contribution is 0.102. The smallest absolute Gasteiger partial charge is 0.259 e. The second-order valence-electron chi connectivity index (χ2n) is 7.15. The standard InChI is InChI=1S/C20H15ClN4O2/c21-13-6-5-12(9-22)15(7-13)23-19(26)14-8-16(10-1-2-10)24-20-17(14)18(25-27-20)11-3-4-11/h5-8,10-11H,1-4H2,(H,23,26). The minimum Gasteiger partial charge on any atom is -0.335 e. The van der Waals surface area contributed by atoms with Crippen molar-refractivity contribution in [3.63, 3.8) is 0 Å². The van der Waals surface area contributed by atoms with Gasteiger partial charge in [0.1, 0.15) is 6.07 Å². The molecule has 6 nitrogen and oxygen atoms in total. The molecule has 2 saturated carbocycles. The van der Waals surface area contributed by atoms with Crippen molar-refractivity contribution in [1.82, 2.24) is 10.1 Å². The molecule has 134 valence electrons. The van der Waals surface area contributed by atoms with E-state index in [1.165, 1.54) is 0 Å². The highest BCUT2D eigenvalue weighted by atomic mass is 35.5. The molecule has 0 atom stereocenters. The Morgan fingerprint density at radius 1 is 1.22 bits per heavy atom. The second-order valence-corrected chi connectivity index (χ2v) is 7.58. The van der Waals surface area contributed by atoms with Gasteiger partial charge in [0.15, 0.2) is 0 Å². The molecule has 7 heteroatoms. The van der Waals surface area contributed by atoms with Gasteiger partial charge >= 0.3 is 0 Å². The van der Waals surface area contributed by atoms with Gasteiger partial charge in [0, 0.05) is 22.6 Å². The maximum atomic E-state index is 13.1. The van der Waals surface area contributed by atoms with Crippen molar-refractivity contribution in [2.75, 3.05) is 5.32 Å². The molecular formula is C20H15ClN4O2. The van der Waals surface area contributed by atoms with Crippen LogP contribution in [0.15, 0.2) is 28.8 Å². The molecule has 2 heterocycles. The molecule has 1 aromatic carbocycles. The van der Waals surface area contributed by atoms with Crippen LogP contribution >= 0.6 is 11.6 Å². The van der Waals surface area contributed by atoms with Crippen LogP contribution in [0.5, 0.6) is 0 Å². The summed E-state index contributed by atoms with van der Waals surface area (Å²) in [6.45, 7) is 0. The van der Waals surface area contributed by atoms with Crippen molar-refractivity contribution < 1.29 is 9.32 Å². The number of hydrogen-bond donors (Lipinski definition) is 1. The number of hydrogen-bond acceptors (Lipinski definition) is 5. The van der Waals surface area contributed by atoms with Gasteiger partial charge in [0.25, 0.3) is 11.6 Å². The van der Waals surface area contributed by atoms with E-state index in [0.29, 0.717) is 44.8 Å². The first kappa shape index (κ1) is 16.3. The molecule has 27 heavy (non-hydrogen) atoms. The van der Waals surface area contributed by atoms with Gasteiger partial charge in [0.05, 0.1) is 27.9 Å². The fourth-order valence-electron chi connectivity index (χ4n) is 3.30. The zero-order valence-corrected chi connectivity index (χ0v) is 15.1. The van der Waals surface area contributed by atoms with Gasteiger partial charge in [-0.3, -0.25) is 4.79 Å². The number of carbonyl (C=O) groups excluding carboxylic acids is 1. The van der Waals surface area contributed by atoms with E-state index in [1.54, 1.807) is 18.2 Å². The summed E-state index contributed by atoms with van der Waals surface area (Å²) in [5.41, 5.74) is 3.31. The molecule has 5 rings (SSSR count). The summed E-state index contributed by atoms with van der Waals surface area (Å²) < 4.78 is 5.46. The predicted octanol–water partition coefficient (Wildman–Crippen LogP) is 4.75. The summed E-state index contributed by atoms with van der Waals surface area (Å²) >= 11 is 6.04. The molecule has 2 aliphatic rings. The minimum absolute atomic E-state index is 0.312. The fraction of sp³-hybridized carbons (Fsp3) is 0.300. The van der Waals surface area contributed by atoms with E-state index in [-0.39, 0.29) is 5.91 Å². The van der Waals surface area contributed by atoms with Crippen LogP contribution in [-0.4, -0.2) is 16.0 Å². The third-order valence-corrected chi connectivity index (χ3v) is 5.28. The van der Waals surface area contributed by atoms with Gasteiger partial charge in [0.2, 0.25) is 0 Å². The van der Waals surface area contributed by atoms with Crippen LogP contribution in [0.3, 0.4) is 0 Å². The fourth-order valence-corrected chi connectivity index (χ4v) is 3.47. The average molecular weight is 379 g/mol. The number of anilines is 1. The normalized spacial score (nSPS) is 16.3. The molecule has 0 unspecified atom stereocenters. The van der Waals surface area contributed by atoms with Crippen molar-refractivity contribution in [3.8, 4) is 6.07 Å². The maximum Gasteiger partial charge on any atom is 0.259 e. The number of carbonyl (C=O) groups is 1. The van der Waals surface area contributed by atoms with Crippen LogP contribution in [0, 0.1) is 11.3 Å². The number of benzene rings is 1. The Morgan fingerprint density at radius 3 is 2.70 bits per heavy atom. The summed E-state index contributed by atoms with van der Waals surface area (Å²) in [5.74, 6) is 0.386. The third-order valence-electron chi connectivity index (χ3n) is 5.05. The molecule has 2 aromatic heterocycles. The van der Waals surface area contributed by atoms with Crippen molar-refractivity contribution in [2.45, 2.75) is 37.5 Å². The topological polar surface area (TPSA) is 91.8 Å². The van der Waals surface area contributed by atoms with E-state index in [2.05, 4.69) is 21.5 Å². The van der Waals surface area contributed by atoms with E-state index in [4.69, 9.17) is 16.1 Å². The van der Waals surface area contributed by atoms with Gasteiger partial charge in [-0.2, -0.15) is 5.26 Å². The Hall–Kier alpha value is -2.91. The molecule has 2 aliphatic carbocycles. The summed E-state index contributed by atoms with van der Waals surface area (Å²) in [6, 6.07) is 8.70. The highest BCUT2D eigenvalue weighted by molar-refractivity contribution is 6.31. The molecule has 0 bridgehead atoms. The molecule has 0 spiro atoms. The van der Waals surface area contributed by atoms with E-state index in [0.717, 1.165) is 37.1 Å². The lowest BCUT2D eigenvalue weighted by Gasteiger charge is -2.10. The van der Waals surface area contributed by atoms with Gasteiger partial charge in [-0.15, -0.1) is 0 Å². The Morgan fingerprint density at radius 2 is 2.00 bits per heavy atom. The number of nitrogens with zero attached hydrogens (tertiary/aromatic N) is 3. The molecule has 1 amide bonds. The number of rotatable bonds is 4. The second kappa shape index (κ2) is 6.07. The number of pyridine rings is 1. The number of nitrogens with one attached hydrogen (secondary N) is 1. The van der Waals surface area contributed by atoms with Crippen LogP contribution in [0.2, 0.25) is 5.02 Å². The van der Waals surface area contributed by atoms with Crippen LogP contribution in [0.25, 0.3) is 11.1 Å². The van der Waals surface area contributed by atoms with Crippen LogP contribution < -0.4 is 5.32 Å². The number of halogens is 1. The zero-order valence-electron chi connectivity index (χ0n) is 14.3. The Bertz CT molecular complexity index is 1120. The van der Waals surface area contributed by atoms with Crippen molar-refractivity contribution in [3.05, 3.63) is 51.8 Å². The molecule has 0 aliphatic heterocycles. The zero-order chi connectivity index (χ0) is 18.5. The molecule has 1 N–H and O–H groups in total. The number of fused-ring (bicyclic) bond motifs is 1. The van der Waals surface area contributed by atoms with Crippen LogP contribution in [0.1, 0.15) is 64.8 Å². The Labute approximate surface area is 160 Å². The van der Waals surface area contributed by atoms with E-state index < -0.39 is 0 Å². The number of amides is 1. The van der Waals surface area contributed by atoms with Crippen molar-refractivity contribution in [2.24, 2.45) is 0 Å². The number of aromatic nitrogens is 2. The maximum absolute atomic E-state index is 13.1. The van der Waals surface area contributed by atoms with Crippen LogP contribution in [-0.2, 0) is 0 Å². The number of nitriles is 1. The summed E-state index contributed by atoms with van der Waals surface area (Å²) in [4.78, 5) is 17.7.